The predicted molar refractivity (Wildman–Crippen MR) is 122 cm³/mol. The summed E-state index contributed by atoms with van der Waals surface area (Å²) in [4.78, 5) is 27.1. The van der Waals surface area contributed by atoms with Crippen LogP contribution in [0.3, 0.4) is 0 Å². The number of carbonyl (C=O) groups is 2. The van der Waals surface area contributed by atoms with Gasteiger partial charge in [-0.2, -0.15) is 0 Å². The molecular weight excluding hydrogens is 446 g/mol. The van der Waals surface area contributed by atoms with E-state index in [9.17, 15) is 18.0 Å². The Kier molecular flexibility index (Phi) is 6.46. The van der Waals surface area contributed by atoms with Crippen molar-refractivity contribution in [2.75, 3.05) is 25.5 Å². The average molecular weight is 474 g/mol. The number of sulfonamides is 1. The van der Waals surface area contributed by atoms with Gasteiger partial charge in [0.05, 0.1) is 19.1 Å². The number of rotatable bonds is 8. The third-order valence-electron chi connectivity index (χ3n) is 5.79. The predicted octanol–water partition coefficient (Wildman–Crippen LogP) is 2.39. The first-order valence-electron chi connectivity index (χ1n) is 10.8. The number of ether oxygens (including phenoxy) is 2. The Hall–Kier alpha value is -3.27. The minimum absolute atomic E-state index is 0.0156. The van der Waals surface area contributed by atoms with Crippen LogP contribution in [0.5, 0.6) is 11.5 Å². The van der Waals surface area contributed by atoms with E-state index in [1.165, 1.54) is 44.6 Å². The second-order valence-corrected chi connectivity index (χ2v) is 9.82. The van der Waals surface area contributed by atoms with E-state index in [1.54, 1.807) is 17.0 Å². The average Bonchev–Trinajstić information content (AvgIpc) is 3.49. The normalized spacial score (nSPS) is 18.0. The summed E-state index contributed by atoms with van der Waals surface area (Å²) in [5.74, 6) is 0.387. The van der Waals surface area contributed by atoms with Gasteiger partial charge in [-0.1, -0.05) is 0 Å². The number of likely N-dealkylation sites (tertiary alicyclic amines) is 1. The van der Waals surface area contributed by atoms with Crippen molar-refractivity contribution in [2.24, 2.45) is 0 Å². The molecule has 1 saturated carbocycles. The van der Waals surface area contributed by atoms with Crippen LogP contribution in [0.1, 0.15) is 36.0 Å². The molecule has 2 amide bonds. The van der Waals surface area contributed by atoms with E-state index >= 15 is 0 Å². The van der Waals surface area contributed by atoms with Crippen molar-refractivity contribution in [3.63, 3.8) is 0 Å². The monoisotopic (exact) mass is 473 g/mol. The van der Waals surface area contributed by atoms with Gasteiger partial charge >= 0.3 is 0 Å². The molecule has 33 heavy (non-hydrogen) atoms. The molecular formula is C23H27N3O6S. The molecule has 0 aromatic heterocycles. The Labute approximate surface area is 193 Å². The smallest absolute Gasteiger partial charge is 0.262 e. The molecule has 0 spiro atoms. The number of nitrogens with one attached hydrogen (secondary N) is 2. The lowest BCUT2D eigenvalue weighted by atomic mass is 10.1. The van der Waals surface area contributed by atoms with Crippen molar-refractivity contribution >= 4 is 27.5 Å². The summed E-state index contributed by atoms with van der Waals surface area (Å²) < 4.78 is 38.4. The fourth-order valence-electron chi connectivity index (χ4n) is 3.85. The maximum Gasteiger partial charge on any atom is 0.262 e. The number of carbonyl (C=O) groups excluding carboxylic acids is 2. The summed E-state index contributed by atoms with van der Waals surface area (Å²) in [7, 11) is -0.981. The van der Waals surface area contributed by atoms with E-state index in [1.807, 2.05) is 0 Å². The summed E-state index contributed by atoms with van der Waals surface area (Å²) in [6, 6.07) is 10.3. The van der Waals surface area contributed by atoms with Gasteiger partial charge in [-0.15, -0.1) is 0 Å². The highest BCUT2D eigenvalue weighted by molar-refractivity contribution is 7.92. The van der Waals surface area contributed by atoms with E-state index in [0.717, 1.165) is 19.3 Å². The lowest BCUT2D eigenvalue weighted by Crippen LogP contribution is -2.46. The van der Waals surface area contributed by atoms with Gasteiger partial charge in [-0.3, -0.25) is 14.3 Å². The highest BCUT2D eigenvalue weighted by Gasteiger charge is 2.36. The Morgan fingerprint density at radius 2 is 1.67 bits per heavy atom. The summed E-state index contributed by atoms with van der Waals surface area (Å²) in [5.41, 5.74) is 0.709. The number of amides is 2. The molecule has 1 saturated heterocycles. The minimum Gasteiger partial charge on any atom is -0.493 e. The van der Waals surface area contributed by atoms with Crippen molar-refractivity contribution in [1.82, 2.24) is 10.2 Å². The SMILES string of the molecule is COc1ccc(S(=O)(=O)Nc2ccc(C(=O)N3CCCC3C(=O)NC3CC3)cc2)cc1OC. The van der Waals surface area contributed by atoms with E-state index < -0.39 is 16.1 Å². The zero-order valence-corrected chi connectivity index (χ0v) is 19.4. The van der Waals surface area contributed by atoms with Crippen LogP contribution in [0.2, 0.25) is 0 Å². The van der Waals surface area contributed by atoms with Crippen LogP contribution in [0.15, 0.2) is 47.4 Å². The number of anilines is 1. The zero-order valence-electron chi connectivity index (χ0n) is 18.5. The molecule has 1 unspecified atom stereocenters. The van der Waals surface area contributed by atoms with Crippen LogP contribution < -0.4 is 19.5 Å². The van der Waals surface area contributed by atoms with Crippen LogP contribution >= 0.6 is 0 Å². The van der Waals surface area contributed by atoms with E-state index in [-0.39, 0.29) is 22.8 Å². The van der Waals surface area contributed by atoms with Gasteiger partial charge in [0.2, 0.25) is 5.91 Å². The number of methoxy groups -OCH3 is 2. The van der Waals surface area contributed by atoms with Crippen LogP contribution in [0.25, 0.3) is 0 Å². The van der Waals surface area contributed by atoms with Crippen molar-refractivity contribution in [1.29, 1.82) is 0 Å². The van der Waals surface area contributed by atoms with Crippen LogP contribution in [0.4, 0.5) is 5.69 Å². The van der Waals surface area contributed by atoms with Gasteiger partial charge < -0.3 is 19.7 Å². The molecule has 2 aromatic rings. The van der Waals surface area contributed by atoms with Gasteiger partial charge in [0, 0.05) is 29.9 Å². The van der Waals surface area contributed by atoms with Crippen molar-refractivity contribution in [3.8, 4) is 11.5 Å². The van der Waals surface area contributed by atoms with Crippen molar-refractivity contribution in [2.45, 2.75) is 42.7 Å². The quantitative estimate of drug-likeness (QED) is 0.609. The molecule has 2 N–H and O–H groups in total. The van der Waals surface area contributed by atoms with Crippen LogP contribution in [-0.2, 0) is 14.8 Å². The molecule has 2 aromatic carbocycles. The lowest BCUT2D eigenvalue weighted by molar-refractivity contribution is -0.125. The maximum atomic E-state index is 13.0. The Morgan fingerprint density at radius 3 is 2.30 bits per heavy atom. The van der Waals surface area contributed by atoms with E-state index in [4.69, 9.17) is 9.47 Å². The van der Waals surface area contributed by atoms with Crippen molar-refractivity contribution < 1.29 is 27.5 Å². The largest absolute Gasteiger partial charge is 0.493 e. The molecule has 1 atom stereocenters. The Balaban J connectivity index is 1.45. The third kappa shape index (κ3) is 5.05. The molecule has 9 nitrogen and oxygen atoms in total. The molecule has 1 aliphatic carbocycles. The first-order valence-corrected chi connectivity index (χ1v) is 12.3. The van der Waals surface area contributed by atoms with E-state index in [2.05, 4.69) is 10.0 Å². The molecule has 1 heterocycles. The van der Waals surface area contributed by atoms with Gasteiger partial charge in [0.15, 0.2) is 11.5 Å². The number of benzene rings is 2. The summed E-state index contributed by atoms with van der Waals surface area (Å²) in [6.07, 6.45) is 3.41. The molecule has 2 fully saturated rings. The number of hydrogen-bond donors (Lipinski definition) is 2. The van der Waals surface area contributed by atoms with Gasteiger partial charge in [0.25, 0.3) is 15.9 Å². The Morgan fingerprint density at radius 1 is 0.970 bits per heavy atom. The summed E-state index contributed by atoms with van der Waals surface area (Å²) in [6.45, 7) is 0.523. The molecule has 4 rings (SSSR count). The fourth-order valence-corrected chi connectivity index (χ4v) is 4.93. The molecule has 0 radical (unpaired) electrons. The second kappa shape index (κ2) is 9.30. The van der Waals surface area contributed by atoms with Gasteiger partial charge in [-0.05, 0) is 62.1 Å². The second-order valence-electron chi connectivity index (χ2n) is 8.14. The molecule has 1 aliphatic heterocycles. The lowest BCUT2D eigenvalue weighted by Gasteiger charge is -2.24. The summed E-state index contributed by atoms with van der Waals surface area (Å²) in [5, 5.41) is 2.97. The summed E-state index contributed by atoms with van der Waals surface area (Å²) >= 11 is 0. The highest BCUT2D eigenvalue weighted by atomic mass is 32.2. The van der Waals surface area contributed by atoms with Crippen LogP contribution in [-0.4, -0.2) is 58.0 Å². The van der Waals surface area contributed by atoms with Gasteiger partial charge in [-0.25, -0.2) is 8.42 Å². The first kappa shape index (κ1) is 22.9. The zero-order chi connectivity index (χ0) is 23.6. The van der Waals surface area contributed by atoms with E-state index in [0.29, 0.717) is 35.7 Å². The first-order chi connectivity index (χ1) is 15.8. The van der Waals surface area contributed by atoms with Crippen molar-refractivity contribution in [3.05, 3.63) is 48.0 Å². The molecule has 0 bridgehead atoms. The number of nitrogens with zero attached hydrogens (tertiary/aromatic N) is 1. The highest BCUT2D eigenvalue weighted by Crippen LogP contribution is 2.30. The maximum absolute atomic E-state index is 13.0. The minimum atomic E-state index is -3.88. The number of hydrogen-bond acceptors (Lipinski definition) is 6. The molecule has 10 heteroatoms. The Bertz CT molecular complexity index is 1150. The standard InChI is InChI=1S/C23H27N3O6S/c1-31-20-12-11-18(14-21(20)32-2)33(29,30)25-17-7-5-15(6-8-17)23(28)26-13-3-4-19(26)22(27)24-16-9-10-16/h5-8,11-12,14,16,19,25H,3-4,9-10,13H2,1-2H3,(H,24,27). The van der Waals surface area contributed by atoms with Crippen LogP contribution in [0, 0.1) is 0 Å². The molecule has 2 aliphatic rings. The van der Waals surface area contributed by atoms with Gasteiger partial charge in [0.1, 0.15) is 6.04 Å². The molecule has 176 valence electrons. The topological polar surface area (TPSA) is 114 Å². The fraction of sp³-hybridized carbons (Fsp3) is 0.391. The third-order valence-corrected chi connectivity index (χ3v) is 7.17.